The number of carbonyl (C=O) groups excluding carboxylic acids is 1. The van der Waals surface area contributed by atoms with Gasteiger partial charge in [-0.1, -0.05) is 6.07 Å². The highest BCUT2D eigenvalue weighted by Gasteiger charge is 2.29. The van der Waals surface area contributed by atoms with Gasteiger partial charge in [-0.05, 0) is 57.0 Å². The van der Waals surface area contributed by atoms with Crippen LogP contribution in [0.1, 0.15) is 42.3 Å². The largest absolute Gasteiger partial charge is 0.480 e. The third-order valence-corrected chi connectivity index (χ3v) is 3.69. The highest BCUT2D eigenvalue weighted by atomic mass is 16.4. The summed E-state index contributed by atoms with van der Waals surface area (Å²) in [5.41, 5.74) is 2.39. The molecule has 1 aliphatic rings. The molecule has 2 rings (SSSR count). The Labute approximate surface area is 125 Å². The fourth-order valence-electron chi connectivity index (χ4n) is 2.52. The lowest BCUT2D eigenvalue weighted by Gasteiger charge is -2.34. The minimum atomic E-state index is -1.00. The Morgan fingerprint density at radius 2 is 2.00 bits per heavy atom. The SMILES string of the molecule is CC(C)(C)N(CC(=O)O)C(=O)c1ccc2c(c1)CNCC2. The average Bonchev–Trinajstić information content (AvgIpc) is 2.42. The number of carboxylic acids is 1. The van der Waals surface area contributed by atoms with Gasteiger partial charge in [-0.3, -0.25) is 9.59 Å². The first kappa shape index (κ1) is 15.5. The zero-order valence-corrected chi connectivity index (χ0v) is 12.8. The lowest BCUT2D eigenvalue weighted by atomic mass is 9.97. The maximum Gasteiger partial charge on any atom is 0.323 e. The summed E-state index contributed by atoms with van der Waals surface area (Å²) in [7, 11) is 0. The number of carbonyl (C=O) groups is 2. The highest BCUT2D eigenvalue weighted by molar-refractivity contribution is 5.96. The summed E-state index contributed by atoms with van der Waals surface area (Å²) >= 11 is 0. The van der Waals surface area contributed by atoms with Crippen LogP contribution in [0.3, 0.4) is 0 Å². The van der Waals surface area contributed by atoms with E-state index in [0.717, 1.165) is 25.1 Å². The maximum atomic E-state index is 12.7. The predicted octanol–water partition coefficient (Wildman–Crippen LogP) is 1.66. The number of nitrogens with zero attached hydrogens (tertiary/aromatic N) is 1. The molecule has 1 aromatic carbocycles. The number of amides is 1. The molecule has 0 spiro atoms. The van der Waals surface area contributed by atoms with E-state index in [-0.39, 0.29) is 12.5 Å². The summed E-state index contributed by atoms with van der Waals surface area (Å²) in [5.74, 6) is -1.24. The maximum absolute atomic E-state index is 12.7. The molecule has 5 heteroatoms. The number of fused-ring (bicyclic) bond motifs is 1. The molecule has 0 unspecified atom stereocenters. The molecule has 1 aliphatic heterocycles. The van der Waals surface area contributed by atoms with Crippen molar-refractivity contribution in [3.63, 3.8) is 0 Å². The van der Waals surface area contributed by atoms with E-state index >= 15 is 0 Å². The summed E-state index contributed by atoms with van der Waals surface area (Å²) < 4.78 is 0. The van der Waals surface area contributed by atoms with Crippen molar-refractivity contribution in [2.24, 2.45) is 0 Å². The number of hydrogen-bond acceptors (Lipinski definition) is 3. The number of nitrogens with one attached hydrogen (secondary N) is 1. The Hall–Kier alpha value is -1.88. The molecule has 0 aliphatic carbocycles. The van der Waals surface area contributed by atoms with Gasteiger partial charge in [-0.25, -0.2) is 0 Å². The van der Waals surface area contributed by atoms with Crippen LogP contribution in [0.4, 0.5) is 0 Å². The molecular weight excluding hydrogens is 268 g/mol. The Bertz CT molecular complexity index is 561. The zero-order valence-electron chi connectivity index (χ0n) is 12.8. The molecule has 0 saturated carbocycles. The van der Waals surface area contributed by atoms with Crippen molar-refractivity contribution in [2.45, 2.75) is 39.3 Å². The minimum absolute atomic E-state index is 0.238. The van der Waals surface area contributed by atoms with Crippen molar-refractivity contribution in [3.05, 3.63) is 34.9 Å². The summed E-state index contributed by atoms with van der Waals surface area (Å²) in [4.78, 5) is 25.1. The molecule has 2 N–H and O–H groups in total. The molecule has 114 valence electrons. The first-order valence-electron chi connectivity index (χ1n) is 7.15. The Morgan fingerprint density at radius 3 is 2.62 bits per heavy atom. The number of benzene rings is 1. The smallest absolute Gasteiger partial charge is 0.323 e. The third kappa shape index (κ3) is 3.61. The topological polar surface area (TPSA) is 69.6 Å². The first-order valence-corrected chi connectivity index (χ1v) is 7.15. The van der Waals surface area contributed by atoms with E-state index in [2.05, 4.69) is 5.32 Å². The Kier molecular flexibility index (Phi) is 4.32. The standard InChI is InChI=1S/C16H22N2O3/c1-16(2,3)18(10-14(19)20)15(21)12-5-4-11-6-7-17-9-13(11)8-12/h4-5,8,17H,6-7,9-10H2,1-3H3,(H,19,20). The van der Waals surface area contributed by atoms with Gasteiger partial charge in [0.05, 0.1) is 0 Å². The normalized spacial score (nSPS) is 14.4. The minimum Gasteiger partial charge on any atom is -0.480 e. The van der Waals surface area contributed by atoms with Crippen LogP contribution >= 0.6 is 0 Å². The first-order chi connectivity index (χ1) is 9.79. The summed E-state index contributed by atoms with van der Waals surface area (Å²) in [6.07, 6.45) is 0.960. The molecule has 0 bridgehead atoms. The van der Waals surface area contributed by atoms with Crippen LogP contribution in [-0.2, 0) is 17.8 Å². The molecule has 0 aromatic heterocycles. The average molecular weight is 290 g/mol. The summed E-state index contributed by atoms with van der Waals surface area (Å²) in [6, 6.07) is 5.66. The number of rotatable bonds is 3. The Morgan fingerprint density at radius 1 is 1.29 bits per heavy atom. The second kappa shape index (κ2) is 5.85. The number of carboxylic acid groups (broad SMARTS) is 1. The van der Waals surface area contributed by atoms with Crippen LogP contribution in [0.15, 0.2) is 18.2 Å². The monoisotopic (exact) mass is 290 g/mol. The molecule has 1 heterocycles. The predicted molar refractivity (Wildman–Crippen MR) is 80.3 cm³/mol. The van der Waals surface area contributed by atoms with E-state index in [1.54, 1.807) is 6.07 Å². The van der Waals surface area contributed by atoms with Gasteiger partial charge in [0.15, 0.2) is 0 Å². The van der Waals surface area contributed by atoms with E-state index in [1.165, 1.54) is 10.5 Å². The zero-order chi connectivity index (χ0) is 15.6. The van der Waals surface area contributed by atoms with Crippen molar-refractivity contribution in [1.29, 1.82) is 0 Å². The molecule has 0 atom stereocenters. The van der Waals surface area contributed by atoms with Gasteiger partial charge >= 0.3 is 5.97 Å². The van der Waals surface area contributed by atoms with Crippen molar-refractivity contribution in [3.8, 4) is 0 Å². The van der Waals surface area contributed by atoms with Crippen LogP contribution in [-0.4, -0.2) is 40.5 Å². The lowest BCUT2D eigenvalue weighted by molar-refractivity contribution is -0.138. The van der Waals surface area contributed by atoms with Crippen LogP contribution in [0.5, 0.6) is 0 Å². The van der Waals surface area contributed by atoms with Gasteiger partial charge < -0.3 is 15.3 Å². The molecule has 5 nitrogen and oxygen atoms in total. The van der Waals surface area contributed by atoms with Crippen molar-refractivity contribution < 1.29 is 14.7 Å². The van der Waals surface area contributed by atoms with Gasteiger partial charge in [0.1, 0.15) is 6.54 Å². The third-order valence-electron chi connectivity index (χ3n) is 3.69. The van der Waals surface area contributed by atoms with Crippen molar-refractivity contribution in [1.82, 2.24) is 10.2 Å². The molecule has 0 saturated heterocycles. The molecule has 0 fully saturated rings. The molecule has 0 radical (unpaired) electrons. The van der Waals surface area contributed by atoms with Crippen molar-refractivity contribution >= 4 is 11.9 Å². The van der Waals surface area contributed by atoms with Gasteiger partial charge in [0.25, 0.3) is 5.91 Å². The molecular formula is C16H22N2O3. The molecule has 21 heavy (non-hydrogen) atoms. The highest BCUT2D eigenvalue weighted by Crippen LogP contribution is 2.21. The van der Waals surface area contributed by atoms with Crippen LogP contribution < -0.4 is 5.32 Å². The van der Waals surface area contributed by atoms with Crippen LogP contribution in [0, 0.1) is 0 Å². The van der Waals surface area contributed by atoms with E-state index in [1.807, 2.05) is 32.9 Å². The fourth-order valence-corrected chi connectivity index (χ4v) is 2.52. The van der Waals surface area contributed by atoms with Crippen LogP contribution in [0.2, 0.25) is 0 Å². The Balaban J connectivity index is 2.30. The van der Waals surface area contributed by atoms with Crippen LogP contribution in [0.25, 0.3) is 0 Å². The van der Waals surface area contributed by atoms with E-state index in [0.29, 0.717) is 5.56 Å². The van der Waals surface area contributed by atoms with Gasteiger partial charge in [0.2, 0.25) is 0 Å². The second-order valence-corrected chi connectivity index (χ2v) is 6.37. The molecule has 1 amide bonds. The summed E-state index contributed by atoms with van der Waals surface area (Å²) in [6.45, 7) is 6.94. The quantitative estimate of drug-likeness (QED) is 0.888. The molecule has 1 aromatic rings. The summed E-state index contributed by atoms with van der Waals surface area (Å²) in [5, 5.41) is 12.3. The van der Waals surface area contributed by atoms with Crippen molar-refractivity contribution in [2.75, 3.05) is 13.1 Å². The van der Waals surface area contributed by atoms with E-state index < -0.39 is 11.5 Å². The second-order valence-electron chi connectivity index (χ2n) is 6.37. The van der Waals surface area contributed by atoms with E-state index in [9.17, 15) is 9.59 Å². The number of aliphatic carboxylic acids is 1. The van der Waals surface area contributed by atoms with Gasteiger partial charge in [-0.2, -0.15) is 0 Å². The lowest BCUT2D eigenvalue weighted by Crippen LogP contribution is -2.48. The van der Waals surface area contributed by atoms with Gasteiger partial charge in [0, 0.05) is 17.6 Å². The fraction of sp³-hybridized carbons (Fsp3) is 0.500. The van der Waals surface area contributed by atoms with E-state index in [4.69, 9.17) is 5.11 Å². The number of hydrogen-bond donors (Lipinski definition) is 2. The van der Waals surface area contributed by atoms with Gasteiger partial charge in [-0.15, -0.1) is 0 Å².